The fourth-order valence-electron chi connectivity index (χ4n) is 2.39. The zero-order chi connectivity index (χ0) is 17.5. The summed E-state index contributed by atoms with van der Waals surface area (Å²) in [6.45, 7) is 4.42. The Bertz CT molecular complexity index is 721. The zero-order valence-electron chi connectivity index (χ0n) is 14.0. The lowest BCUT2D eigenvalue weighted by molar-refractivity contribution is 0.0936. The first-order chi connectivity index (χ1) is 12.2. The van der Waals surface area contributed by atoms with E-state index in [9.17, 15) is 0 Å². The van der Waals surface area contributed by atoms with Crippen molar-refractivity contribution in [2.45, 2.75) is 19.6 Å². The molecule has 132 valence electrons. The van der Waals surface area contributed by atoms with Gasteiger partial charge in [0.2, 0.25) is 0 Å². The molecule has 0 saturated heterocycles. The number of hydrogen-bond donors (Lipinski definition) is 2. The number of guanidine groups is 1. The van der Waals surface area contributed by atoms with Crippen LogP contribution in [0.2, 0.25) is 5.15 Å². The van der Waals surface area contributed by atoms with Crippen LogP contribution in [-0.4, -0.2) is 36.7 Å². The van der Waals surface area contributed by atoms with Gasteiger partial charge in [-0.05, 0) is 30.7 Å². The van der Waals surface area contributed by atoms with Gasteiger partial charge in [-0.1, -0.05) is 29.8 Å². The molecule has 2 N–H and O–H groups in total. The molecule has 1 aliphatic heterocycles. The van der Waals surface area contributed by atoms with Crippen LogP contribution in [-0.2, 0) is 6.54 Å². The van der Waals surface area contributed by atoms with Crippen molar-refractivity contribution in [3.8, 4) is 11.5 Å². The second kappa shape index (κ2) is 8.58. The van der Waals surface area contributed by atoms with Gasteiger partial charge in [0.25, 0.3) is 0 Å². The van der Waals surface area contributed by atoms with Gasteiger partial charge in [0.05, 0.1) is 13.1 Å². The van der Waals surface area contributed by atoms with Crippen LogP contribution in [0.15, 0.2) is 47.6 Å². The quantitative estimate of drug-likeness (QED) is 0.487. The van der Waals surface area contributed by atoms with Crippen LogP contribution in [0.4, 0.5) is 0 Å². The van der Waals surface area contributed by atoms with E-state index in [1.807, 2.05) is 37.3 Å². The Hall–Kier alpha value is -2.47. The number of halogens is 1. The van der Waals surface area contributed by atoms with Gasteiger partial charge in [0, 0.05) is 12.7 Å². The number of rotatable bonds is 5. The molecule has 2 aromatic rings. The molecule has 1 atom stereocenters. The number of nitrogens with zero attached hydrogens (tertiary/aromatic N) is 2. The van der Waals surface area contributed by atoms with Crippen molar-refractivity contribution in [2.24, 2.45) is 4.99 Å². The minimum absolute atomic E-state index is 0.0732. The Labute approximate surface area is 152 Å². The van der Waals surface area contributed by atoms with Crippen molar-refractivity contribution in [1.82, 2.24) is 15.6 Å². The molecule has 0 aliphatic carbocycles. The fraction of sp³-hybridized carbons (Fsp3) is 0.333. The van der Waals surface area contributed by atoms with E-state index in [0.717, 1.165) is 29.6 Å². The highest BCUT2D eigenvalue weighted by Gasteiger charge is 2.20. The minimum atomic E-state index is -0.0732. The van der Waals surface area contributed by atoms with Crippen molar-refractivity contribution in [3.63, 3.8) is 0 Å². The van der Waals surface area contributed by atoms with E-state index in [1.54, 1.807) is 12.3 Å². The Balaban J connectivity index is 1.55. The normalized spacial score (nSPS) is 16.4. The number of aliphatic imine (C=N–C) groups is 1. The molecule has 2 heterocycles. The standard InChI is InChI=1S/C18H21ClN4O2/c1-2-20-18(22-10-13-7-8-17(19)21-9-13)23-11-14-12-24-15-5-3-4-6-16(15)25-14/h3-9,14H,2,10-12H2,1H3,(H2,20,22,23). The molecule has 25 heavy (non-hydrogen) atoms. The minimum Gasteiger partial charge on any atom is -0.486 e. The molecule has 0 radical (unpaired) electrons. The summed E-state index contributed by atoms with van der Waals surface area (Å²) < 4.78 is 11.7. The number of nitrogens with one attached hydrogen (secondary N) is 2. The maximum atomic E-state index is 5.94. The van der Waals surface area contributed by atoms with E-state index in [1.165, 1.54) is 0 Å². The first kappa shape index (κ1) is 17.4. The molecular weight excluding hydrogens is 340 g/mol. The number of ether oxygens (including phenoxy) is 2. The third-order valence-electron chi connectivity index (χ3n) is 3.62. The van der Waals surface area contributed by atoms with E-state index < -0.39 is 0 Å². The van der Waals surface area contributed by atoms with Crippen LogP contribution in [0.25, 0.3) is 0 Å². The third kappa shape index (κ3) is 5.00. The molecule has 1 aliphatic rings. The predicted molar refractivity (Wildman–Crippen MR) is 98.4 cm³/mol. The first-order valence-electron chi connectivity index (χ1n) is 8.25. The van der Waals surface area contributed by atoms with Crippen LogP contribution in [0.5, 0.6) is 11.5 Å². The van der Waals surface area contributed by atoms with Crippen molar-refractivity contribution < 1.29 is 9.47 Å². The highest BCUT2D eigenvalue weighted by atomic mass is 35.5. The summed E-state index contributed by atoms with van der Waals surface area (Å²) in [7, 11) is 0. The average molecular weight is 361 g/mol. The lowest BCUT2D eigenvalue weighted by Gasteiger charge is -2.27. The number of aromatic nitrogens is 1. The van der Waals surface area contributed by atoms with E-state index in [0.29, 0.717) is 24.8 Å². The number of para-hydroxylation sites is 2. The second-order valence-corrected chi connectivity index (χ2v) is 5.95. The topological polar surface area (TPSA) is 67.8 Å². The Morgan fingerprint density at radius 3 is 2.84 bits per heavy atom. The second-order valence-electron chi connectivity index (χ2n) is 5.56. The zero-order valence-corrected chi connectivity index (χ0v) is 14.8. The number of benzene rings is 1. The molecule has 0 saturated carbocycles. The van der Waals surface area contributed by atoms with Crippen LogP contribution in [0.3, 0.4) is 0 Å². The molecule has 6 nitrogen and oxygen atoms in total. The summed E-state index contributed by atoms with van der Waals surface area (Å²) in [6, 6.07) is 11.4. The molecule has 1 aromatic heterocycles. The predicted octanol–water partition coefficient (Wildman–Crippen LogP) is 2.63. The van der Waals surface area contributed by atoms with Crippen molar-refractivity contribution >= 4 is 17.6 Å². The Morgan fingerprint density at radius 2 is 2.08 bits per heavy atom. The van der Waals surface area contributed by atoms with Gasteiger partial charge in [-0.15, -0.1) is 0 Å². The smallest absolute Gasteiger partial charge is 0.191 e. The number of fused-ring (bicyclic) bond motifs is 1. The maximum absolute atomic E-state index is 5.94. The maximum Gasteiger partial charge on any atom is 0.191 e. The van der Waals surface area contributed by atoms with E-state index >= 15 is 0 Å². The molecule has 1 unspecified atom stereocenters. The molecule has 0 spiro atoms. The van der Waals surface area contributed by atoms with Crippen LogP contribution in [0, 0.1) is 0 Å². The molecule has 7 heteroatoms. The fourth-order valence-corrected chi connectivity index (χ4v) is 2.50. The van der Waals surface area contributed by atoms with E-state index in [-0.39, 0.29) is 6.10 Å². The largest absolute Gasteiger partial charge is 0.486 e. The first-order valence-corrected chi connectivity index (χ1v) is 8.63. The number of pyridine rings is 1. The molecular formula is C18H21ClN4O2. The summed E-state index contributed by atoms with van der Waals surface area (Å²) >= 11 is 5.80. The summed E-state index contributed by atoms with van der Waals surface area (Å²) in [4.78, 5) is 8.62. The molecule has 1 aromatic carbocycles. The summed E-state index contributed by atoms with van der Waals surface area (Å²) in [5.74, 6) is 2.28. The van der Waals surface area contributed by atoms with Gasteiger partial charge >= 0.3 is 0 Å². The van der Waals surface area contributed by atoms with Gasteiger partial charge in [0.1, 0.15) is 17.9 Å². The summed E-state index contributed by atoms with van der Waals surface area (Å²) in [5.41, 5.74) is 0.993. The summed E-state index contributed by atoms with van der Waals surface area (Å²) in [5, 5.41) is 6.99. The molecule has 3 rings (SSSR count). The van der Waals surface area contributed by atoms with Gasteiger partial charge < -0.3 is 20.1 Å². The van der Waals surface area contributed by atoms with Gasteiger partial charge in [-0.3, -0.25) is 0 Å². The molecule has 0 fully saturated rings. The van der Waals surface area contributed by atoms with Crippen molar-refractivity contribution in [3.05, 3.63) is 53.3 Å². The SMILES string of the molecule is CCNC(=NCc1ccc(Cl)nc1)NCC1COc2ccccc2O1. The van der Waals surface area contributed by atoms with Gasteiger partial charge in [0.15, 0.2) is 17.5 Å². The molecule has 0 bridgehead atoms. The summed E-state index contributed by atoms with van der Waals surface area (Å²) in [6.07, 6.45) is 1.65. The van der Waals surface area contributed by atoms with Crippen molar-refractivity contribution in [2.75, 3.05) is 19.7 Å². The average Bonchev–Trinajstić information content (AvgIpc) is 2.65. The monoisotopic (exact) mass is 360 g/mol. The lowest BCUT2D eigenvalue weighted by atomic mass is 10.2. The van der Waals surface area contributed by atoms with Crippen LogP contribution in [0.1, 0.15) is 12.5 Å². The van der Waals surface area contributed by atoms with Crippen molar-refractivity contribution in [1.29, 1.82) is 0 Å². The Kier molecular flexibility index (Phi) is 5.95. The Morgan fingerprint density at radius 1 is 1.24 bits per heavy atom. The molecule has 0 amide bonds. The van der Waals surface area contributed by atoms with E-state index in [4.69, 9.17) is 21.1 Å². The highest BCUT2D eigenvalue weighted by molar-refractivity contribution is 6.29. The third-order valence-corrected chi connectivity index (χ3v) is 3.84. The van der Waals surface area contributed by atoms with Crippen LogP contribution >= 0.6 is 11.6 Å². The lowest BCUT2D eigenvalue weighted by Crippen LogP contribution is -2.45. The van der Waals surface area contributed by atoms with Gasteiger partial charge in [-0.2, -0.15) is 0 Å². The van der Waals surface area contributed by atoms with Crippen LogP contribution < -0.4 is 20.1 Å². The van der Waals surface area contributed by atoms with E-state index in [2.05, 4.69) is 20.6 Å². The van der Waals surface area contributed by atoms with Gasteiger partial charge in [-0.25, -0.2) is 9.98 Å². The number of hydrogen-bond acceptors (Lipinski definition) is 4. The highest BCUT2D eigenvalue weighted by Crippen LogP contribution is 2.30.